The first-order valence-electron chi connectivity index (χ1n) is 5.32. The summed E-state index contributed by atoms with van der Waals surface area (Å²) in [5, 5.41) is 0. The first-order valence-corrected chi connectivity index (χ1v) is 5.32. The highest BCUT2D eigenvalue weighted by molar-refractivity contribution is 5.94. The summed E-state index contributed by atoms with van der Waals surface area (Å²) in [5.74, 6) is -0.0267. The van der Waals surface area contributed by atoms with Crippen LogP contribution in [0.3, 0.4) is 0 Å². The Bertz CT molecular complexity index is 392. The molecule has 1 aromatic rings. The van der Waals surface area contributed by atoms with Gasteiger partial charge in [0.15, 0.2) is 6.29 Å². The zero-order chi connectivity index (χ0) is 11.5. The second-order valence-electron chi connectivity index (χ2n) is 4.06. The lowest BCUT2D eigenvalue weighted by Gasteiger charge is -2.32. The molecule has 1 saturated heterocycles. The van der Waals surface area contributed by atoms with E-state index in [9.17, 15) is 9.59 Å². The Kier molecular flexibility index (Phi) is 3.05. The van der Waals surface area contributed by atoms with Gasteiger partial charge in [-0.3, -0.25) is 9.59 Å². The smallest absolute Gasteiger partial charge is 0.270 e. The fourth-order valence-electron chi connectivity index (χ4n) is 1.78. The predicted molar refractivity (Wildman–Crippen MR) is 59.6 cm³/mol. The molecule has 0 atom stereocenters. The van der Waals surface area contributed by atoms with Crippen LogP contribution in [-0.2, 0) is 0 Å². The Morgan fingerprint density at radius 1 is 1.38 bits per heavy atom. The molecule has 1 aromatic heterocycles. The van der Waals surface area contributed by atoms with Gasteiger partial charge in [0.25, 0.3) is 5.91 Å². The summed E-state index contributed by atoms with van der Waals surface area (Å²) in [6.45, 7) is 3.27. The molecule has 0 aliphatic carbocycles. The molecule has 1 amide bonds. The molecule has 0 unspecified atom stereocenters. The normalized spacial score (nSPS) is 17.4. The van der Waals surface area contributed by atoms with Crippen molar-refractivity contribution < 1.29 is 9.59 Å². The third-order valence-electron chi connectivity index (χ3n) is 2.86. The average Bonchev–Trinajstić information content (AvgIpc) is 2.77. The van der Waals surface area contributed by atoms with E-state index in [1.165, 1.54) is 0 Å². The van der Waals surface area contributed by atoms with Gasteiger partial charge in [-0.1, -0.05) is 0 Å². The topological polar surface area (TPSA) is 56.4 Å². The number of carbonyl (C=O) groups is 2. The standard InChI is InChI=1S/C11H15N3O2/c1-13-2-4-14(5-3-13)11(16)10-6-9(8-15)7-12-10/h6-8,12H,2-5H2,1H3. The third kappa shape index (κ3) is 2.14. The summed E-state index contributed by atoms with van der Waals surface area (Å²) >= 11 is 0. The van der Waals surface area contributed by atoms with Gasteiger partial charge < -0.3 is 14.8 Å². The molecule has 0 saturated carbocycles. The van der Waals surface area contributed by atoms with Gasteiger partial charge in [0.2, 0.25) is 0 Å². The fraction of sp³-hybridized carbons (Fsp3) is 0.455. The molecule has 5 heteroatoms. The van der Waals surface area contributed by atoms with E-state index < -0.39 is 0 Å². The number of aromatic nitrogens is 1. The van der Waals surface area contributed by atoms with Gasteiger partial charge in [-0.15, -0.1) is 0 Å². The van der Waals surface area contributed by atoms with Gasteiger partial charge in [0.1, 0.15) is 5.69 Å². The van der Waals surface area contributed by atoms with Crippen LogP contribution in [0.1, 0.15) is 20.8 Å². The number of carbonyl (C=O) groups excluding carboxylic acids is 2. The number of likely N-dealkylation sites (N-methyl/N-ethyl adjacent to an activating group) is 1. The molecule has 0 aromatic carbocycles. The Hall–Kier alpha value is -1.62. The van der Waals surface area contributed by atoms with Gasteiger partial charge in [-0.05, 0) is 13.1 Å². The van der Waals surface area contributed by atoms with Gasteiger partial charge in [0.05, 0.1) is 0 Å². The van der Waals surface area contributed by atoms with Crippen molar-refractivity contribution in [3.63, 3.8) is 0 Å². The van der Waals surface area contributed by atoms with Crippen molar-refractivity contribution in [2.45, 2.75) is 0 Å². The van der Waals surface area contributed by atoms with Crippen molar-refractivity contribution in [3.05, 3.63) is 23.5 Å². The third-order valence-corrected chi connectivity index (χ3v) is 2.86. The van der Waals surface area contributed by atoms with E-state index in [0.29, 0.717) is 11.3 Å². The van der Waals surface area contributed by atoms with Crippen LogP contribution in [0.15, 0.2) is 12.3 Å². The number of nitrogens with one attached hydrogen (secondary N) is 1. The van der Waals surface area contributed by atoms with Crippen molar-refractivity contribution >= 4 is 12.2 Å². The summed E-state index contributed by atoms with van der Waals surface area (Å²) < 4.78 is 0. The second kappa shape index (κ2) is 4.49. The summed E-state index contributed by atoms with van der Waals surface area (Å²) in [5.41, 5.74) is 1.00. The summed E-state index contributed by atoms with van der Waals surface area (Å²) in [4.78, 5) is 29.3. The van der Waals surface area contributed by atoms with E-state index in [-0.39, 0.29) is 5.91 Å². The zero-order valence-corrected chi connectivity index (χ0v) is 9.27. The molecule has 2 heterocycles. The monoisotopic (exact) mass is 221 g/mol. The molecule has 1 aliphatic rings. The van der Waals surface area contributed by atoms with Crippen molar-refractivity contribution in [2.75, 3.05) is 33.2 Å². The molecule has 1 aliphatic heterocycles. The molecular weight excluding hydrogens is 206 g/mol. The number of amides is 1. The minimum Gasteiger partial charge on any atom is -0.356 e. The van der Waals surface area contributed by atoms with Crippen LogP contribution in [0.4, 0.5) is 0 Å². The molecular formula is C11H15N3O2. The SMILES string of the molecule is CN1CCN(C(=O)c2cc(C=O)c[nH]2)CC1. The summed E-state index contributed by atoms with van der Waals surface area (Å²) in [7, 11) is 2.04. The van der Waals surface area contributed by atoms with Crippen molar-refractivity contribution in [3.8, 4) is 0 Å². The minimum absolute atomic E-state index is 0.0267. The lowest BCUT2D eigenvalue weighted by Crippen LogP contribution is -2.47. The summed E-state index contributed by atoms with van der Waals surface area (Å²) in [6.07, 6.45) is 2.29. The maximum atomic E-state index is 12.0. The number of hydrogen-bond donors (Lipinski definition) is 1. The Labute approximate surface area is 94.0 Å². The lowest BCUT2D eigenvalue weighted by atomic mass is 10.2. The fourth-order valence-corrected chi connectivity index (χ4v) is 1.78. The van der Waals surface area contributed by atoms with Gasteiger partial charge >= 0.3 is 0 Å². The molecule has 0 spiro atoms. The van der Waals surface area contributed by atoms with E-state index in [0.717, 1.165) is 32.5 Å². The number of aldehydes is 1. The van der Waals surface area contributed by atoms with Crippen molar-refractivity contribution in [1.29, 1.82) is 0 Å². The van der Waals surface area contributed by atoms with Crippen LogP contribution in [0, 0.1) is 0 Å². The van der Waals surface area contributed by atoms with E-state index in [1.807, 2.05) is 7.05 Å². The number of aromatic amines is 1. The molecule has 0 radical (unpaired) electrons. The summed E-state index contributed by atoms with van der Waals surface area (Å²) in [6, 6.07) is 1.59. The first kappa shape index (κ1) is 10.9. The van der Waals surface area contributed by atoms with E-state index in [4.69, 9.17) is 0 Å². The van der Waals surface area contributed by atoms with Crippen LogP contribution in [0.25, 0.3) is 0 Å². The Morgan fingerprint density at radius 2 is 2.06 bits per heavy atom. The highest BCUT2D eigenvalue weighted by Gasteiger charge is 2.21. The highest BCUT2D eigenvalue weighted by atomic mass is 16.2. The molecule has 5 nitrogen and oxygen atoms in total. The van der Waals surface area contributed by atoms with E-state index >= 15 is 0 Å². The number of H-pyrrole nitrogens is 1. The van der Waals surface area contributed by atoms with Gasteiger partial charge in [-0.2, -0.15) is 0 Å². The van der Waals surface area contributed by atoms with E-state index in [1.54, 1.807) is 17.2 Å². The quantitative estimate of drug-likeness (QED) is 0.727. The van der Waals surface area contributed by atoms with Crippen molar-refractivity contribution in [2.24, 2.45) is 0 Å². The van der Waals surface area contributed by atoms with Crippen LogP contribution < -0.4 is 0 Å². The molecule has 1 N–H and O–H groups in total. The maximum absolute atomic E-state index is 12.0. The molecule has 86 valence electrons. The number of piperazine rings is 1. The lowest BCUT2D eigenvalue weighted by molar-refractivity contribution is 0.0659. The zero-order valence-electron chi connectivity index (χ0n) is 9.27. The van der Waals surface area contributed by atoms with E-state index in [2.05, 4.69) is 9.88 Å². The molecule has 2 rings (SSSR count). The van der Waals surface area contributed by atoms with Crippen LogP contribution in [0.5, 0.6) is 0 Å². The Morgan fingerprint density at radius 3 is 2.62 bits per heavy atom. The average molecular weight is 221 g/mol. The second-order valence-corrected chi connectivity index (χ2v) is 4.06. The largest absolute Gasteiger partial charge is 0.356 e. The number of hydrogen-bond acceptors (Lipinski definition) is 3. The van der Waals surface area contributed by atoms with Gasteiger partial charge in [0, 0.05) is 37.9 Å². The number of nitrogens with zero attached hydrogens (tertiary/aromatic N) is 2. The minimum atomic E-state index is -0.0267. The van der Waals surface area contributed by atoms with Crippen LogP contribution in [-0.4, -0.2) is 60.2 Å². The molecule has 1 fully saturated rings. The van der Waals surface area contributed by atoms with Crippen LogP contribution >= 0.6 is 0 Å². The molecule has 0 bridgehead atoms. The Balaban J connectivity index is 2.04. The number of rotatable bonds is 2. The van der Waals surface area contributed by atoms with Crippen LogP contribution in [0.2, 0.25) is 0 Å². The maximum Gasteiger partial charge on any atom is 0.270 e. The first-order chi connectivity index (χ1) is 7.70. The van der Waals surface area contributed by atoms with Crippen molar-refractivity contribution in [1.82, 2.24) is 14.8 Å². The molecule has 16 heavy (non-hydrogen) atoms. The highest BCUT2D eigenvalue weighted by Crippen LogP contribution is 2.08. The predicted octanol–water partition coefficient (Wildman–Crippen LogP) is 0.215. The van der Waals surface area contributed by atoms with Gasteiger partial charge in [-0.25, -0.2) is 0 Å².